The van der Waals surface area contributed by atoms with Gasteiger partial charge in [0.1, 0.15) is 11.3 Å². The Balaban J connectivity index is 2.08. The first-order valence-electron chi connectivity index (χ1n) is 9.19. The summed E-state index contributed by atoms with van der Waals surface area (Å²) in [4.78, 5) is 24.6. The average Bonchev–Trinajstić information content (AvgIpc) is 2.61. The van der Waals surface area contributed by atoms with Gasteiger partial charge < -0.3 is 19.9 Å². The van der Waals surface area contributed by atoms with E-state index in [0.717, 1.165) is 12.8 Å². The summed E-state index contributed by atoms with van der Waals surface area (Å²) >= 11 is 0. The lowest BCUT2D eigenvalue weighted by molar-refractivity contribution is -0.190. The number of carbonyl (C=O) groups is 2. The van der Waals surface area contributed by atoms with Gasteiger partial charge in [0, 0.05) is 24.0 Å². The third-order valence-corrected chi connectivity index (χ3v) is 5.34. The quantitative estimate of drug-likeness (QED) is 0.658. The Kier molecular flexibility index (Phi) is 6.29. The third kappa shape index (κ3) is 3.70. The zero-order valence-corrected chi connectivity index (χ0v) is 16.0. The zero-order chi connectivity index (χ0) is 19.4. The first-order chi connectivity index (χ1) is 12.3. The molecule has 6 nitrogen and oxygen atoms in total. The molecule has 0 spiro atoms. The highest BCUT2D eigenvalue weighted by molar-refractivity contribution is 5.98. The molecular weight excluding hydrogens is 334 g/mol. The molecule has 1 saturated carbocycles. The summed E-state index contributed by atoms with van der Waals surface area (Å²) in [7, 11) is 0. The van der Waals surface area contributed by atoms with Gasteiger partial charge in [-0.05, 0) is 37.6 Å². The van der Waals surface area contributed by atoms with Crippen LogP contribution in [-0.2, 0) is 9.53 Å². The lowest BCUT2D eigenvalue weighted by atomic mass is 9.54. The Labute approximate surface area is 154 Å². The van der Waals surface area contributed by atoms with Crippen LogP contribution in [0.15, 0.2) is 24.3 Å². The van der Waals surface area contributed by atoms with Gasteiger partial charge in [0.15, 0.2) is 0 Å². The van der Waals surface area contributed by atoms with Gasteiger partial charge in [0.2, 0.25) is 0 Å². The molecule has 0 aliphatic heterocycles. The van der Waals surface area contributed by atoms with E-state index in [4.69, 9.17) is 9.47 Å². The summed E-state index contributed by atoms with van der Waals surface area (Å²) in [6.45, 7) is 8.74. The maximum absolute atomic E-state index is 12.6. The number of rotatable bonds is 9. The average molecular weight is 363 g/mol. The van der Waals surface area contributed by atoms with Gasteiger partial charge in [0.25, 0.3) is 5.91 Å². The van der Waals surface area contributed by atoms with Crippen LogP contribution in [0.25, 0.3) is 0 Å². The van der Waals surface area contributed by atoms with Crippen molar-refractivity contribution < 1.29 is 24.2 Å². The molecule has 2 atom stereocenters. The number of hydrogen-bond donors (Lipinski definition) is 2. The maximum Gasteiger partial charge on any atom is 0.330 e. The number of carbonyl (C=O) groups excluding carboxylic acids is 1. The minimum Gasteiger partial charge on any atom is -0.494 e. The number of carboxylic acid groups (broad SMARTS) is 1. The third-order valence-electron chi connectivity index (χ3n) is 5.34. The van der Waals surface area contributed by atoms with Crippen molar-refractivity contribution in [1.82, 2.24) is 5.32 Å². The van der Waals surface area contributed by atoms with Crippen LogP contribution in [0, 0.1) is 5.41 Å². The standard InChI is InChI=1S/C20H29NO5/c1-5-7-12-26-15-10-8-14(9-11-15)17(22)21-20(18(23)24)13-16(25-6-2)19(20,3)4/h8-11,16H,5-7,12-13H2,1-4H3,(H,21,22)(H,23,24). The van der Waals surface area contributed by atoms with E-state index in [-0.39, 0.29) is 12.5 Å². The van der Waals surface area contributed by atoms with E-state index in [1.165, 1.54) is 0 Å². The fourth-order valence-electron chi connectivity index (χ4n) is 3.34. The van der Waals surface area contributed by atoms with E-state index in [9.17, 15) is 14.7 Å². The van der Waals surface area contributed by atoms with Crippen LogP contribution in [0.5, 0.6) is 5.75 Å². The van der Waals surface area contributed by atoms with Crippen LogP contribution in [-0.4, -0.2) is 41.8 Å². The topological polar surface area (TPSA) is 84.9 Å². The maximum atomic E-state index is 12.6. The summed E-state index contributed by atoms with van der Waals surface area (Å²) in [6.07, 6.45) is 2.08. The summed E-state index contributed by atoms with van der Waals surface area (Å²) in [6, 6.07) is 6.76. The Morgan fingerprint density at radius 2 is 1.88 bits per heavy atom. The number of nitrogens with one attached hydrogen (secondary N) is 1. The lowest BCUT2D eigenvalue weighted by Gasteiger charge is -2.58. The van der Waals surface area contributed by atoms with Crippen LogP contribution in [0.1, 0.15) is 57.3 Å². The molecule has 2 N–H and O–H groups in total. The Hall–Kier alpha value is -2.08. The Morgan fingerprint density at radius 1 is 1.23 bits per heavy atom. The van der Waals surface area contributed by atoms with E-state index >= 15 is 0 Å². The zero-order valence-electron chi connectivity index (χ0n) is 16.0. The molecule has 6 heteroatoms. The summed E-state index contributed by atoms with van der Waals surface area (Å²) in [5, 5.41) is 12.5. The molecule has 2 unspecified atom stereocenters. The molecule has 144 valence electrons. The molecule has 1 aromatic carbocycles. The number of hydrogen-bond acceptors (Lipinski definition) is 4. The second-order valence-corrected chi connectivity index (χ2v) is 7.26. The van der Waals surface area contributed by atoms with Crippen molar-refractivity contribution in [2.45, 2.75) is 58.6 Å². The Bertz CT molecular complexity index is 640. The predicted octanol–water partition coefficient (Wildman–Crippen LogP) is 3.25. The fraction of sp³-hybridized carbons (Fsp3) is 0.600. The van der Waals surface area contributed by atoms with Crippen LogP contribution < -0.4 is 10.1 Å². The molecule has 26 heavy (non-hydrogen) atoms. The van der Waals surface area contributed by atoms with Gasteiger partial charge in [-0.15, -0.1) is 0 Å². The number of benzene rings is 1. The van der Waals surface area contributed by atoms with Gasteiger partial charge in [0.05, 0.1) is 12.7 Å². The highest BCUT2D eigenvalue weighted by Gasteiger charge is 2.66. The van der Waals surface area contributed by atoms with Crippen LogP contribution in [0.4, 0.5) is 0 Å². The fourth-order valence-corrected chi connectivity index (χ4v) is 3.34. The van der Waals surface area contributed by atoms with Gasteiger partial charge in [-0.2, -0.15) is 0 Å². The monoisotopic (exact) mass is 363 g/mol. The number of ether oxygens (including phenoxy) is 2. The minimum absolute atomic E-state index is 0.196. The molecule has 1 aromatic rings. The van der Waals surface area contributed by atoms with Gasteiger partial charge in [-0.1, -0.05) is 27.2 Å². The molecule has 0 saturated heterocycles. The molecule has 0 heterocycles. The largest absolute Gasteiger partial charge is 0.494 e. The van der Waals surface area contributed by atoms with Crippen molar-refractivity contribution in [3.8, 4) is 5.75 Å². The second kappa shape index (κ2) is 8.08. The molecule has 2 rings (SSSR count). The Morgan fingerprint density at radius 3 is 2.38 bits per heavy atom. The van der Waals surface area contributed by atoms with Gasteiger partial charge >= 0.3 is 5.97 Å². The number of amides is 1. The van der Waals surface area contributed by atoms with Crippen molar-refractivity contribution in [3.63, 3.8) is 0 Å². The molecular formula is C20H29NO5. The highest BCUT2D eigenvalue weighted by atomic mass is 16.5. The van der Waals surface area contributed by atoms with Crippen molar-refractivity contribution >= 4 is 11.9 Å². The van der Waals surface area contributed by atoms with E-state index in [0.29, 0.717) is 24.5 Å². The predicted molar refractivity (Wildman–Crippen MR) is 98.5 cm³/mol. The van der Waals surface area contributed by atoms with Crippen molar-refractivity contribution in [2.75, 3.05) is 13.2 Å². The van der Waals surface area contributed by atoms with Crippen molar-refractivity contribution in [1.29, 1.82) is 0 Å². The van der Waals surface area contributed by atoms with Crippen molar-refractivity contribution in [2.24, 2.45) is 5.41 Å². The number of unbranched alkanes of at least 4 members (excludes halogenated alkanes) is 1. The summed E-state index contributed by atoms with van der Waals surface area (Å²) in [5.41, 5.74) is -1.63. The number of carboxylic acids is 1. The SMILES string of the molecule is CCCCOc1ccc(C(=O)NC2(C(=O)O)CC(OCC)C2(C)C)cc1. The first-order valence-corrected chi connectivity index (χ1v) is 9.19. The summed E-state index contributed by atoms with van der Waals surface area (Å²) < 4.78 is 11.2. The molecule has 1 amide bonds. The minimum atomic E-state index is -1.33. The highest BCUT2D eigenvalue weighted by Crippen LogP contribution is 2.51. The smallest absolute Gasteiger partial charge is 0.330 e. The molecule has 0 radical (unpaired) electrons. The first kappa shape index (κ1) is 20.2. The van der Waals surface area contributed by atoms with Crippen LogP contribution in [0.2, 0.25) is 0 Å². The lowest BCUT2D eigenvalue weighted by Crippen LogP contribution is -2.76. The molecule has 0 aromatic heterocycles. The molecule has 0 bridgehead atoms. The number of aliphatic carboxylic acids is 1. The molecule has 1 fully saturated rings. The van der Waals surface area contributed by atoms with E-state index in [1.807, 2.05) is 20.8 Å². The van der Waals surface area contributed by atoms with Crippen molar-refractivity contribution in [3.05, 3.63) is 29.8 Å². The van der Waals surface area contributed by atoms with Gasteiger partial charge in [-0.3, -0.25) is 4.79 Å². The summed E-state index contributed by atoms with van der Waals surface area (Å²) in [5.74, 6) is -0.745. The molecule has 1 aliphatic rings. The van der Waals surface area contributed by atoms with Gasteiger partial charge in [-0.25, -0.2) is 4.79 Å². The van der Waals surface area contributed by atoms with E-state index in [1.54, 1.807) is 24.3 Å². The van der Waals surface area contributed by atoms with E-state index in [2.05, 4.69) is 12.2 Å². The van der Waals surface area contributed by atoms with Crippen LogP contribution >= 0.6 is 0 Å². The molecule has 1 aliphatic carbocycles. The van der Waals surface area contributed by atoms with Crippen LogP contribution in [0.3, 0.4) is 0 Å². The van der Waals surface area contributed by atoms with E-state index < -0.39 is 22.8 Å². The normalized spacial score (nSPS) is 23.8. The second-order valence-electron chi connectivity index (χ2n) is 7.26.